The maximum Gasteiger partial charge on any atom is 0.325 e. The lowest BCUT2D eigenvalue weighted by atomic mass is 9.96. The van der Waals surface area contributed by atoms with Crippen molar-refractivity contribution >= 4 is 17.8 Å². The molecule has 1 aliphatic heterocycles. The molecule has 1 aromatic heterocycles. The topological polar surface area (TPSA) is 82.9 Å². The van der Waals surface area contributed by atoms with Gasteiger partial charge in [0.05, 0.1) is 6.54 Å². The second kappa shape index (κ2) is 5.40. The molecule has 7 nitrogen and oxygen atoms in total. The van der Waals surface area contributed by atoms with Crippen LogP contribution in [0.25, 0.3) is 0 Å². The van der Waals surface area contributed by atoms with Crippen LogP contribution in [0, 0.1) is 12.8 Å². The highest BCUT2D eigenvalue weighted by Crippen LogP contribution is 2.42. The van der Waals surface area contributed by atoms with Gasteiger partial charge in [-0.1, -0.05) is 0 Å². The summed E-state index contributed by atoms with van der Waals surface area (Å²) in [5, 5.41) is 2.74. The van der Waals surface area contributed by atoms with Gasteiger partial charge in [-0.2, -0.15) is 0 Å². The lowest BCUT2D eigenvalue weighted by Gasteiger charge is -2.22. The van der Waals surface area contributed by atoms with Crippen LogP contribution in [0.2, 0.25) is 0 Å². The highest BCUT2D eigenvalue weighted by Gasteiger charge is 2.56. The highest BCUT2D eigenvalue weighted by atomic mass is 16.3. The summed E-state index contributed by atoms with van der Waals surface area (Å²) >= 11 is 0. The summed E-state index contributed by atoms with van der Waals surface area (Å²) in [5.41, 5.74) is -0.853. The molecule has 1 aromatic rings. The van der Waals surface area contributed by atoms with Crippen LogP contribution in [-0.4, -0.2) is 46.8 Å². The summed E-state index contributed by atoms with van der Waals surface area (Å²) in [5.74, 6) is 1.01. The molecule has 1 unspecified atom stereocenters. The van der Waals surface area contributed by atoms with Crippen molar-refractivity contribution < 1.29 is 18.8 Å². The molecule has 2 heterocycles. The third-order valence-electron chi connectivity index (χ3n) is 4.60. The Kier molecular flexibility index (Phi) is 3.66. The predicted molar refractivity (Wildman–Crippen MR) is 81.3 cm³/mol. The van der Waals surface area contributed by atoms with Crippen LogP contribution in [-0.2, 0) is 16.1 Å². The molecule has 0 aromatic carbocycles. The number of urea groups is 1. The number of likely N-dealkylation sites (N-methyl/N-ethyl adjacent to an activating group) is 1. The van der Waals surface area contributed by atoms with Crippen molar-refractivity contribution in [2.24, 2.45) is 5.92 Å². The number of hydrogen-bond donors (Lipinski definition) is 1. The Morgan fingerprint density at radius 2 is 2.13 bits per heavy atom. The average Bonchev–Trinajstić information content (AvgIpc) is 3.23. The molecule has 1 N–H and O–H groups in total. The molecule has 1 aliphatic carbocycles. The number of aryl methyl sites for hydroxylation is 1. The Morgan fingerprint density at radius 3 is 2.70 bits per heavy atom. The zero-order valence-corrected chi connectivity index (χ0v) is 13.6. The molecule has 7 heteroatoms. The van der Waals surface area contributed by atoms with Gasteiger partial charge in [-0.05, 0) is 44.7 Å². The van der Waals surface area contributed by atoms with Crippen molar-refractivity contribution in [3.8, 4) is 0 Å². The van der Waals surface area contributed by atoms with Crippen LogP contribution in [0.5, 0.6) is 0 Å². The minimum atomic E-state index is -0.853. The number of furan rings is 1. The first kappa shape index (κ1) is 15.6. The van der Waals surface area contributed by atoms with Crippen LogP contribution >= 0.6 is 0 Å². The van der Waals surface area contributed by atoms with Gasteiger partial charge in [0, 0.05) is 7.05 Å². The van der Waals surface area contributed by atoms with E-state index < -0.39 is 11.6 Å². The predicted octanol–water partition coefficient (Wildman–Crippen LogP) is 1.27. The third kappa shape index (κ3) is 2.83. The molecule has 1 saturated carbocycles. The number of carbonyl (C=O) groups is 3. The second-order valence-corrected chi connectivity index (χ2v) is 6.56. The standard InChI is InChI=1S/C16H21N3O4/c1-10-4-7-12(23-10)8-18(3)13(20)9-19-14(21)16(2,11-5-6-11)17-15(19)22/h4,7,11H,5-6,8-9H2,1-3H3,(H,17,22). The van der Waals surface area contributed by atoms with Crippen LogP contribution in [0.1, 0.15) is 31.3 Å². The van der Waals surface area contributed by atoms with Gasteiger partial charge >= 0.3 is 6.03 Å². The SMILES string of the molecule is Cc1ccc(CN(C)C(=O)CN2C(=O)NC(C)(C3CC3)C2=O)o1. The Labute approximate surface area is 134 Å². The van der Waals surface area contributed by atoms with Crippen molar-refractivity contribution in [3.05, 3.63) is 23.7 Å². The molecule has 3 rings (SSSR count). The van der Waals surface area contributed by atoms with Gasteiger partial charge in [0.25, 0.3) is 5.91 Å². The maximum atomic E-state index is 12.5. The van der Waals surface area contributed by atoms with Crippen LogP contribution in [0.4, 0.5) is 4.79 Å². The fourth-order valence-corrected chi connectivity index (χ4v) is 2.94. The summed E-state index contributed by atoms with van der Waals surface area (Å²) in [4.78, 5) is 39.3. The summed E-state index contributed by atoms with van der Waals surface area (Å²) in [7, 11) is 1.62. The summed E-state index contributed by atoms with van der Waals surface area (Å²) in [6.07, 6.45) is 1.87. The van der Waals surface area contributed by atoms with E-state index in [1.807, 2.05) is 13.0 Å². The van der Waals surface area contributed by atoms with E-state index in [4.69, 9.17) is 4.42 Å². The minimum Gasteiger partial charge on any atom is -0.464 e. The molecular weight excluding hydrogens is 298 g/mol. The fraction of sp³-hybridized carbons (Fsp3) is 0.562. The van der Waals surface area contributed by atoms with Crippen molar-refractivity contribution in [2.45, 2.75) is 38.8 Å². The molecule has 1 saturated heterocycles. The van der Waals surface area contributed by atoms with Crippen molar-refractivity contribution in [1.82, 2.24) is 15.1 Å². The lowest BCUT2D eigenvalue weighted by Crippen LogP contribution is -2.47. The van der Waals surface area contributed by atoms with Gasteiger partial charge in [0.15, 0.2) is 0 Å². The molecule has 4 amide bonds. The average molecular weight is 319 g/mol. The van der Waals surface area contributed by atoms with E-state index in [2.05, 4.69) is 5.32 Å². The normalized spacial score (nSPS) is 24.0. The number of hydrogen-bond acceptors (Lipinski definition) is 4. The Bertz CT molecular complexity index is 664. The minimum absolute atomic E-state index is 0.183. The Hall–Kier alpha value is -2.31. The number of nitrogens with zero attached hydrogens (tertiary/aromatic N) is 2. The van der Waals surface area contributed by atoms with Gasteiger partial charge in [-0.15, -0.1) is 0 Å². The Balaban J connectivity index is 1.63. The summed E-state index contributed by atoms with van der Waals surface area (Å²) < 4.78 is 5.44. The van der Waals surface area contributed by atoms with E-state index in [0.717, 1.165) is 23.5 Å². The summed E-state index contributed by atoms with van der Waals surface area (Å²) in [6.45, 7) is 3.63. The van der Waals surface area contributed by atoms with Gasteiger partial charge in [0.1, 0.15) is 23.6 Å². The van der Waals surface area contributed by atoms with Crippen LogP contribution in [0.3, 0.4) is 0 Å². The monoisotopic (exact) mass is 319 g/mol. The molecule has 23 heavy (non-hydrogen) atoms. The number of rotatable bonds is 5. The van der Waals surface area contributed by atoms with E-state index in [-0.39, 0.29) is 24.3 Å². The zero-order chi connectivity index (χ0) is 16.8. The van der Waals surface area contributed by atoms with Crippen LogP contribution in [0.15, 0.2) is 16.5 Å². The number of nitrogens with one attached hydrogen (secondary N) is 1. The maximum absolute atomic E-state index is 12.5. The highest BCUT2D eigenvalue weighted by molar-refractivity contribution is 6.09. The first-order valence-corrected chi connectivity index (χ1v) is 7.74. The van der Waals surface area contributed by atoms with Crippen LogP contribution < -0.4 is 5.32 Å². The smallest absolute Gasteiger partial charge is 0.325 e. The van der Waals surface area contributed by atoms with E-state index >= 15 is 0 Å². The number of carbonyl (C=O) groups excluding carboxylic acids is 3. The number of imide groups is 1. The van der Waals surface area contributed by atoms with Crippen molar-refractivity contribution in [2.75, 3.05) is 13.6 Å². The first-order valence-electron chi connectivity index (χ1n) is 7.74. The van der Waals surface area contributed by atoms with Crippen molar-refractivity contribution in [3.63, 3.8) is 0 Å². The molecule has 1 atom stereocenters. The molecule has 124 valence electrons. The quantitative estimate of drug-likeness (QED) is 0.829. The van der Waals surface area contributed by atoms with E-state index in [1.165, 1.54) is 4.90 Å². The molecular formula is C16H21N3O4. The Morgan fingerprint density at radius 1 is 1.43 bits per heavy atom. The van der Waals surface area contributed by atoms with Gasteiger partial charge in [0.2, 0.25) is 5.91 Å². The van der Waals surface area contributed by atoms with Gasteiger partial charge in [-0.25, -0.2) is 4.79 Å². The lowest BCUT2D eigenvalue weighted by molar-refractivity contribution is -0.138. The first-order chi connectivity index (χ1) is 10.8. The molecule has 0 radical (unpaired) electrons. The van der Waals surface area contributed by atoms with Crippen molar-refractivity contribution in [1.29, 1.82) is 0 Å². The third-order valence-corrected chi connectivity index (χ3v) is 4.60. The molecule has 2 aliphatic rings. The molecule has 2 fully saturated rings. The zero-order valence-electron chi connectivity index (χ0n) is 13.6. The van der Waals surface area contributed by atoms with E-state index in [0.29, 0.717) is 12.3 Å². The van der Waals surface area contributed by atoms with Gasteiger partial charge in [-0.3, -0.25) is 14.5 Å². The number of amides is 4. The molecule has 0 bridgehead atoms. The van der Waals surface area contributed by atoms with E-state index in [1.54, 1.807) is 20.0 Å². The molecule has 0 spiro atoms. The largest absolute Gasteiger partial charge is 0.464 e. The summed E-state index contributed by atoms with van der Waals surface area (Å²) in [6, 6.07) is 3.14. The second-order valence-electron chi connectivity index (χ2n) is 6.56. The fourth-order valence-electron chi connectivity index (χ4n) is 2.94. The van der Waals surface area contributed by atoms with E-state index in [9.17, 15) is 14.4 Å². The van der Waals surface area contributed by atoms with Gasteiger partial charge < -0.3 is 14.6 Å².